The van der Waals surface area contributed by atoms with E-state index in [4.69, 9.17) is 5.73 Å². The molecular formula is C21H30N6O3. The second-order valence-electron chi connectivity index (χ2n) is 7.14. The third kappa shape index (κ3) is 6.50. The van der Waals surface area contributed by atoms with Crippen molar-refractivity contribution in [3.8, 4) is 0 Å². The van der Waals surface area contributed by atoms with Crippen LogP contribution in [0.4, 0.5) is 5.69 Å². The van der Waals surface area contributed by atoms with Gasteiger partial charge in [-0.05, 0) is 32.0 Å². The molecule has 0 aromatic carbocycles. The summed E-state index contributed by atoms with van der Waals surface area (Å²) in [6.45, 7) is 8.41. The van der Waals surface area contributed by atoms with Crippen molar-refractivity contribution in [3.63, 3.8) is 0 Å². The number of rotatable bonds is 10. The first-order chi connectivity index (χ1) is 14.4. The van der Waals surface area contributed by atoms with E-state index in [2.05, 4.69) is 34.1 Å². The van der Waals surface area contributed by atoms with E-state index in [9.17, 15) is 14.4 Å². The number of carbonyl (C=O) groups is 3. The Balaban J connectivity index is 1.79. The maximum atomic E-state index is 12.4. The summed E-state index contributed by atoms with van der Waals surface area (Å²) in [6.07, 6.45) is 6.11. The molecule has 2 heterocycles. The van der Waals surface area contributed by atoms with Gasteiger partial charge < -0.3 is 26.6 Å². The fourth-order valence-electron chi connectivity index (χ4n) is 3.24. The lowest BCUT2D eigenvalue weighted by Gasteiger charge is -2.19. The van der Waals surface area contributed by atoms with Crippen molar-refractivity contribution in [2.45, 2.75) is 31.3 Å². The Labute approximate surface area is 176 Å². The summed E-state index contributed by atoms with van der Waals surface area (Å²) in [6, 6.07) is 1.18. The highest BCUT2D eigenvalue weighted by Gasteiger charge is 2.25. The molecule has 1 aliphatic rings. The fourth-order valence-corrected chi connectivity index (χ4v) is 3.24. The van der Waals surface area contributed by atoms with Gasteiger partial charge in [-0.25, -0.2) is 0 Å². The molecule has 30 heavy (non-hydrogen) atoms. The number of nitrogens with one attached hydrogen (secondary N) is 3. The highest BCUT2D eigenvalue weighted by Crippen LogP contribution is 2.15. The van der Waals surface area contributed by atoms with E-state index in [1.807, 2.05) is 0 Å². The van der Waals surface area contributed by atoms with Crippen LogP contribution in [0.25, 0.3) is 12.2 Å². The number of likely N-dealkylation sites (N-methyl/N-ethyl adjacent to an activating group) is 1. The van der Waals surface area contributed by atoms with Crippen LogP contribution in [0.5, 0.6) is 0 Å². The zero-order valence-electron chi connectivity index (χ0n) is 17.3. The van der Waals surface area contributed by atoms with Crippen LogP contribution < -0.4 is 21.7 Å². The van der Waals surface area contributed by atoms with Gasteiger partial charge in [-0.2, -0.15) is 0 Å². The monoisotopic (exact) mass is 414 g/mol. The summed E-state index contributed by atoms with van der Waals surface area (Å²) in [5, 5.41) is 8.16. The normalized spacial score (nSPS) is 16.6. The van der Waals surface area contributed by atoms with Crippen molar-refractivity contribution in [2.75, 3.05) is 32.0 Å². The Morgan fingerprint density at radius 3 is 2.73 bits per heavy atom. The fraction of sp³-hybridized carbons (Fsp3) is 0.429. The zero-order valence-corrected chi connectivity index (χ0v) is 17.3. The molecule has 9 heteroatoms. The number of hydrogen-bond acceptors (Lipinski definition) is 6. The van der Waals surface area contributed by atoms with E-state index >= 15 is 0 Å². The number of hydrogen-bond donors (Lipinski definition) is 4. The first-order valence-corrected chi connectivity index (χ1v) is 9.91. The Kier molecular flexibility index (Phi) is 8.70. The third-order valence-corrected chi connectivity index (χ3v) is 4.96. The van der Waals surface area contributed by atoms with Crippen LogP contribution in [-0.4, -0.2) is 66.4 Å². The van der Waals surface area contributed by atoms with E-state index in [0.29, 0.717) is 30.9 Å². The molecule has 1 saturated heterocycles. The minimum atomic E-state index is -0.570. The van der Waals surface area contributed by atoms with Gasteiger partial charge in [-0.1, -0.05) is 19.2 Å². The first-order valence-electron chi connectivity index (χ1n) is 9.91. The molecule has 2 rings (SSSR count). The van der Waals surface area contributed by atoms with E-state index in [0.717, 1.165) is 12.0 Å². The summed E-state index contributed by atoms with van der Waals surface area (Å²) in [5.74, 6) is -0.740. The Bertz CT molecular complexity index is 810. The molecule has 0 spiro atoms. The highest BCUT2D eigenvalue weighted by molar-refractivity contribution is 5.95. The van der Waals surface area contributed by atoms with Gasteiger partial charge >= 0.3 is 0 Å². The van der Waals surface area contributed by atoms with E-state index in [1.165, 1.54) is 6.20 Å². The lowest BCUT2D eigenvalue weighted by Crippen LogP contribution is -2.45. The molecule has 2 unspecified atom stereocenters. The van der Waals surface area contributed by atoms with Gasteiger partial charge in [0.25, 0.3) is 0 Å². The molecule has 162 valence electrons. The van der Waals surface area contributed by atoms with Crippen LogP contribution in [0.15, 0.2) is 25.4 Å². The van der Waals surface area contributed by atoms with Gasteiger partial charge in [0.15, 0.2) is 0 Å². The summed E-state index contributed by atoms with van der Waals surface area (Å²) in [7, 11) is 1.64. The van der Waals surface area contributed by atoms with Crippen LogP contribution in [0.2, 0.25) is 0 Å². The van der Waals surface area contributed by atoms with Crippen LogP contribution in [-0.2, 0) is 14.4 Å². The molecule has 1 aromatic heterocycles. The van der Waals surface area contributed by atoms with Crippen molar-refractivity contribution in [1.82, 2.24) is 20.5 Å². The molecule has 2 atom stereocenters. The van der Waals surface area contributed by atoms with E-state index < -0.39 is 6.04 Å². The van der Waals surface area contributed by atoms with Crippen LogP contribution in [0.3, 0.4) is 0 Å². The predicted molar refractivity (Wildman–Crippen MR) is 117 cm³/mol. The molecule has 1 aliphatic heterocycles. The number of anilines is 1. The summed E-state index contributed by atoms with van der Waals surface area (Å²) in [5.41, 5.74) is 7.73. The minimum Gasteiger partial charge on any atom is -0.346 e. The molecule has 3 amide bonds. The lowest BCUT2D eigenvalue weighted by molar-refractivity contribution is -0.131. The van der Waals surface area contributed by atoms with Crippen molar-refractivity contribution < 1.29 is 14.4 Å². The van der Waals surface area contributed by atoms with Crippen LogP contribution >= 0.6 is 0 Å². The maximum absolute atomic E-state index is 12.4. The molecule has 5 N–H and O–H groups in total. The number of likely N-dealkylation sites (tertiary alicyclic amines) is 1. The smallest absolute Gasteiger partial charge is 0.243 e. The molecule has 9 nitrogen and oxygen atoms in total. The van der Waals surface area contributed by atoms with Crippen molar-refractivity contribution in [2.24, 2.45) is 5.73 Å². The van der Waals surface area contributed by atoms with Gasteiger partial charge in [0, 0.05) is 31.1 Å². The number of nitrogens with zero attached hydrogens (tertiary/aromatic N) is 2. The predicted octanol–water partition coefficient (Wildman–Crippen LogP) is 0.350. The molecule has 0 aliphatic carbocycles. The van der Waals surface area contributed by atoms with Crippen molar-refractivity contribution in [3.05, 3.63) is 36.7 Å². The Morgan fingerprint density at radius 2 is 2.13 bits per heavy atom. The number of nitrogens with two attached hydrogens (primary N) is 1. The number of aromatic nitrogens is 1. The number of amides is 3. The summed E-state index contributed by atoms with van der Waals surface area (Å²) < 4.78 is 0. The molecule has 0 saturated carbocycles. The molecule has 0 bridgehead atoms. The molecule has 1 fully saturated rings. The zero-order chi connectivity index (χ0) is 22.1. The van der Waals surface area contributed by atoms with E-state index in [-0.39, 0.29) is 36.7 Å². The average molecular weight is 415 g/mol. The largest absolute Gasteiger partial charge is 0.346 e. The maximum Gasteiger partial charge on any atom is 0.243 e. The summed E-state index contributed by atoms with van der Waals surface area (Å²) >= 11 is 0. The van der Waals surface area contributed by atoms with Crippen molar-refractivity contribution >= 4 is 35.6 Å². The number of pyridine rings is 1. The van der Waals surface area contributed by atoms with Gasteiger partial charge in [-0.15, -0.1) is 0 Å². The quantitative estimate of drug-likeness (QED) is 0.437. The topological polar surface area (TPSA) is 129 Å². The van der Waals surface area contributed by atoms with Gasteiger partial charge in [0.2, 0.25) is 17.7 Å². The molecule has 1 aromatic rings. The first kappa shape index (κ1) is 23.2. The standard InChI is InChI=1S/C21H30N6O3/c1-4-14-10-16(11-24-17(14)5-2)26-19(28)12-25-21(30)18(23-3)6-7-20(29)27-9-8-15(22)13-27/h4-5,10-11,15,18,23H,1-2,6-9,12-13,22H2,3H3,(H,25,30)(H,26,28). The molecule has 0 radical (unpaired) electrons. The van der Waals surface area contributed by atoms with E-state index in [1.54, 1.807) is 30.2 Å². The van der Waals surface area contributed by atoms with Gasteiger partial charge in [0.1, 0.15) is 0 Å². The number of carbonyl (C=O) groups excluding carboxylic acids is 3. The third-order valence-electron chi connectivity index (χ3n) is 4.96. The Morgan fingerprint density at radius 1 is 1.37 bits per heavy atom. The second kappa shape index (κ2) is 11.2. The van der Waals surface area contributed by atoms with Crippen molar-refractivity contribution in [1.29, 1.82) is 0 Å². The van der Waals surface area contributed by atoms with Gasteiger partial charge in [0.05, 0.1) is 30.2 Å². The molecular weight excluding hydrogens is 384 g/mol. The summed E-state index contributed by atoms with van der Waals surface area (Å²) in [4.78, 5) is 42.7. The minimum absolute atomic E-state index is 0.0118. The van der Waals surface area contributed by atoms with Crippen LogP contribution in [0.1, 0.15) is 30.5 Å². The highest BCUT2D eigenvalue weighted by atomic mass is 16.2. The average Bonchev–Trinajstić information content (AvgIpc) is 3.18. The van der Waals surface area contributed by atoms with Gasteiger partial charge in [-0.3, -0.25) is 19.4 Å². The van der Waals surface area contributed by atoms with Crippen LogP contribution in [0, 0.1) is 0 Å². The SMILES string of the molecule is C=Cc1cc(NC(=O)CNC(=O)C(CCC(=O)N2CCC(N)C2)NC)cnc1C=C. The lowest BCUT2D eigenvalue weighted by atomic mass is 10.1. The Hall–Kier alpha value is -3.04. The second-order valence-corrected chi connectivity index (χ2v) is 7.14.